The summed E-state index contributed by atoms with van der Waals surface area (Å²) in [5, 5.41) is 9.91. The Morgan fingerprint density at radius 2 is 2.33 bits per heavy atom. The minimum absolute atomic E-state index is 0.199. The molecule has 0 aromatic heterocycles. The quantitative estimate of drug-likeness (QED) is 0.707. The van der Waals surface area contributed by atoms with E-state index in [4.69, 9.17) is 4.74 Å². The standard InChI is InChI=1S/C11H21NO3/c1-4-15-10(13)9(2)12-7-5-6-11(3,14)8-12/h9,14H,4-8H2,1-3H3. The molecule has 1 heterocycles. The van der Waals surface area contributed by atoms with Gasteiger partial charge in [0, 0.05) is 6.54 Å². The highest BCUT2D eigenvalue weighted by Crippen LogP contribution is 2.22. The lowest BCUT2D eigenvalue weighted by Gasteiger charge is -2.39. The van der Waals surface area contributed by atoms with E-state index in [0.29, 0.717) is 13.2 Å². The Kier molecular flexibility index (Phi) is 4.11. The first-order valence-electron chi connectivity index (χ1n) is 5.59. The van der Waals surface area contributed by atoms with Gasteiger partial charge in [-0.25, -0.2) is 0 Å². The number of ether oxygens (including phenoxy) is 1. The molecule has 0 saturated carbocycles. The van der Waals surface area contributed by atoms with Gasteiger partial charge in [0.1, 0.15) is 6.04 Å². The number of piperidine rings is 1. The molecule has 0 radical (unpaired) electrons. The van der Waals surface area contributed by atoms with Crippen molar-refractivity contribution in [2.75, 3.05) is 19.7 Å². The number of β-amino-alcohol motifs (C(OH)–C–C–N with tert-alkyl or cyclic N) is 1. The molecule has 1 saturated heterocycles. The second kappa shape index (κ2) is 4.94. The number of carbonyl (C=O) groups excluding carboxylic acids is 1. The van der Waals surface area contributed by atoms with Crippen LogP contribution in [-0.4, -0.2) is 47.3 Å². The minimum atomic E-state index is -0.668. The van der Waals surface area contributed by atoms with Crippen LogP contribution < -0.4 is 0 Å². The van der Waals surface area contributed by atoms with E-state index >= 15 is 0 Å². The van der Waals surface area contributed by atoms with E-state index in [0.717, 1.165) is 19.4 Å². The lowest BCUT2D eigenvalue weighted by atomic mass is 9.94. The first-order chi connectivity index (χ1) is 6.96. The van der Waals surface area contributed by atoms with Gasteiger partial charge in [0.15, 0.2) is 0 Å². The molecular formula is C11H21NO3. The number of rotatable bonds is 3. The van der Waals surface area contributed by atoms with E-state index in [2.05, 4.69) is 0 Å². The summed E-state index contributed by atoms with van der Waals surface area (Å²) in [6.07, 6.45) is 1.73. The highest BCUT2D eigenvalue weighted by molar-refractivity contribution is 5.75. The normalized spacial score (nSPS) is 29.9. The molecule has 0 amide bonds. The largest absolute Gasteiger partial charge is 0.465 e. The highest BCUT2D eigenvalue weighted by atomic mass is 16.5. The van der Waals surface area contributed by atoms with Crippen molar-refractivity contribution < 1.29 is 14.6 Å². The summed E-state index contributed by atoms with van der Waals surface area (Å²) in [5.41, 5.74) is -0.668. The Bertz CT molecular complexity index is 228. The molecule has 0 bridgehead atoms. The van der Waals surface area contributed by atoms with Gasteiger partial charge in [-0.3, -0.25) is 9.69 Å². The molecule has 15 heavy (non-hydrogen) atoms. The number of nitrogens with zero attached hydrogens (tertiary/aromatic N) is 1. The van der Waals surface area contributed by atoms with Crippen LogP contribution in [0.1, 0.15) is 33.6 Å². The molecule has 0 aliphatic carbocycles. The van der Waals surface area contributed by atoms with Crippen LogP contribution in [0.2, 0.25) is 0 Å². The Morgan fingerprint density at radius 1 is 1.67 bits per heavy atom. The van der Waals surface area contributed by atoms with Crippen molar-refractivity contribution in [2.24, 2.45) is 0 Å². The summed E-state index contributed by atoms with van der Waals surface area (Å²) in [6.45, 7) is 7.27. The maximum atomic E-state index is 11.5. The highest BCUT2D eigenvalue weighted by Gasteiger charge is 2.33. The van der Waals surface area contributed by atoms with Gasteiger partial charge < -0.3 is 9.84 Å². The molecule has 2 atom stereocenters. The third kappa shape index (κ3) is 3.47. The van der Waals surface area contributed by atoms with Crippen molar-refractivity contribution in [3.8, 4) is 0 Å². The van der Waals surface area contributed by atoms with Crippen LogP contribution in [0.15, 0.2) is 0 Å². The van der Waals surface area contributed by atoms with E-state index in [9.17, 15) is 9.90 Å². The number of carbonyl (C=O) groups is 1. The zero-order valence-electron chi connectivity index (χ0n) is 9.82. The van der Waals surface area contributed by atoms with Crippen LogP contribution in [-0.2, 0) is 9.53 Å². The van der Waals surface area contributed by atoms with Gasteiger partial charge in [-0.05, 0) is 40.2 Å². The fourth-order valence-corrected chi connectivity index (χ4v) is 2.00. The first-order valence-corrected chi connectivity index (χ1v) is 5.59. The number of hydrogen-bond donors (Lipinski definition) is 1. The first kappa shape index (κ1) is 12.5. The van der Waals surface area contributed by atoms with E-state index in [1.54, 1.807) is 6.92 Å². The molecular weight excluding hydrogens is 194 g/mol. The number of esters is 1. The minimum Gasteiger partial charge on any atom is -0.465 e. The molecule has 1 aliphatic heterocycles. The number of likely N-dealkylation sites (tertiary alicyclic amines) is 1. The topological polar surface area (TPSA) is 49.8 Å². The Labute approximate surface area is 91.2 Å². The van der Waals surface area contributed by atoms with Gasteiger partial charge in [-0.2, -0.15) is 0 Å². The number of aliphatic hydroxyl groups is 1. The molecule has 88 valence electrons. The SMILES string of the molecule is CCOC(=O)C(C)N1CCCC(C)(O)C1. The zero-order chi connectivity index (χ0) is 11.5. The van der Waals surface area contributed by atoms with Crippen LogP contribution in [0.3, 0.4) is 0 Å². The van der Waals surface area contributed by atoms with Crippen molar-refractivity contribution in [3.63, 3.8) is 0 Å². The summed E-state index contributed by atoms with van der Waals surface area (Å²) in [7, 11) is 0. The average Bonchev–Trinajstić information content (AvgIpc) is 2.15. The van der Waals surface area contributed by atoms with Crippen molar-refractivity contribution in [1.82, 2.24) is 4.90 Å². The van der Waals surface area contributed by atoms with Gasteiger partial charge in [0.05, 0.1) is 12.2 Å². The van der Waals surface area contributed by atoms with Crippen LogP contribution >= 0.6 is 0 Å². The van der Waals surface area contributed by atoms with Gasteiger partial charge in [-0.1, -0.05) is 0 Å². The van der Waals surface area contributed by atoms with Crippen LogP contribution in [0, 0.1) is 0 Å². The Morgan fingerprint density at radius 3 is 2.87 bits per heavy atom. The van der Waals surface area contributed by atoms with Gasteiger partial charge >= 0.3 is 5.97 Å². The van der Waals surface area contributed by atoms with E-state index in [1.807, 2.05) is 18.7 Å². The molecule has 0 spiro atoms. The van der Waals surface area contributed by atoms with Gasteiger partial charge in [0.2, 0.25) is 0 Å². The second-order valence-electron chi connectivity index (χ2n) is 4.50. The molecule has 1 N–H and O–H groups in total. The van der Waals surface area contributed by atoms with Crippen LogP contribution in [0.5, 0.6) is 0 Å². The third-order valence-corrected chi connectivity index (χ3v) is 2.88. The van der Waals surface area contributed by atoms with E-state index < -0.39 is 5.60 Å². The summed E-state index contributed by atoms with van der Waals surface area (Å²) < 4.78 is 4.96. The number of hydrogen-bond acceptors (Lipinski definition) is 4. The third-order valence-electron chi connectivity index (χ3n) is 2.88. The van der Waals surface area contributed by atoms with Crippen molar-refractivity contribution >= 4 is 5.97 Å². The second-order valence-corrected chi connectivity index (χ2v) is 4.50. The maximum absolute atomic E-state index is 11.5. The summed E-state index contributed by atoms with van der Waals surface area (Å²) >= 11 is 0. The summed E-state index contributed by atoms with van der Waals surface area (Å²) in [5.74, 6) is -0.199. The van der Waals surface area contributed by atoms with Crippen molar-refractivity contribution in [3.05, 3.63) is 0 Å². The zero-order valence-corrected chi connectivity index (χ0v) is 9.82. The molecule has 1 rings (SSSR count). The van der Waals surface area contributed by atoms with Gasteiger partial charge in [0.25, 0.3) is 0 Å². The van der Waals surface area contributed by atoms with E-state index in [-0.39, 0.29) is 12.0 Å². The summed E-state index contributed by atoms with van der Waals surface area (Å²) in [4.78, 5) is 13.5. The molecule has 4 heteroatoms. The Balaban J connectivity index is 2.52. The molecule has 4 nitrogen and oxygen atoms in total. The predicted molar refractivity (Wildman–Crippen MR) is 57.5 cm³/mol. The molecule has 1 aliphatic rings. The smallest absolute Gasteiger partial charge is 0.323 e. The van der Waals surface area contributed by atoms with Crippen LogP contribution in [0.4, 0.5) is 0 Å². The average molecular weight is 215 g/mol. The molecule has 1 fully saturated rings. The molecule has 0 aromatic rings. The maximum Gasteiger partial charge on any atom is 0.323 e. The fourth-order valence-electron chi connectivity index (χ4n) is 2.00. The van der Waals surface area contributed by atoms with Crippen LogP contribution in [0.25, 0.3) is 0 Å². The molecule has 0 aromatic carbocycles. The van der Waals surface area contributed by atoms with Crippen molar-refractivity contribution in [2.45, 2.75) is 45.3 Å². The van der Waals surface area contributed by atoms with Gasteiger partial charge in [-0.15, -0.1) is 0 Å². The predicted octanol–water partition coefficient (Wildman–Crippen LogP) is 0.785. The Hall–Kier alpha value is -0.610. The monoisotopic (exact) mass is 215 g/mol. The molecule has 2 unspecified atom stereocenters. The van der Waals surface area contributed by atoms with E-state index in [1.165, 1.54) is 0 Å². The van der Waals surface area contributed by atoms with Crippen molar-refractivity contribution in [1.29, 1.82) is 0 Å². The summed E-state index contributed by atoms with van der Waals surface area (Å²) in [6, 6.07) is -0.253. The lowest BCUT2D eigenvalue weighted by Crippen LogP contribution is -2.52. The fraction of sp³-hybridized carbons (Fsp3) is 0.909. The lowest BCUT2D eigenvalue weighted by molar-refractivity contribution is -0.151.